The minimum atomic E-state index is -0.522. The van der Waals surface area contributed by atoms with Gasteiger partial charge in [0.1, 0.15) is 11.6 Å². The Labute approximate surface area is 136 Å². The van der Waals surface area contributed by atoms with Gasteiger partial charge in [0.15, 0.2) is 0 Å². The van der Waals surface area contributed by atoms with Crippen molar-refractivity contribution >= 4 is 21.6 Å². The quantitative estimate of drug-likeness (QED) is 0.656. The smallest absolute Gasteiger partial charge is 0.149 e. The highest BCUT2D eigenvalue weighted by Gasteiger charge is 2.39. The number of rotatable bonds is 1. The molecule has 1 nitrogen and oxygen atoms in total. The summed E-state index contributed by atoms with van der Waals surface area (Å²) in [5, 5.41) is 3.31. The zero-order valence-corrected chi connectivity index (χ0v) is 13.3. The Morgan fingerprint density at radius 1 is 1.09 bits per heavy atom. The van der Waals surface area contributed by atoms with Crippen molar-refractivity contribution in [3.8, 4) is 0 Å². The first kappa shape index (κ1) is 13.9. The number of hydrogen-bond donors (Lipinski definition) is 1. The minimum Gasteiger partial charge on any atom is -0.375 e. The summed E-state index contributed by atoms with van der Waals surface area (Å²) >= 11 is 3.58. The monoisotopic (exact) mass is 361 g/mol. The van der Waals surface area contributed by atoms with Gasteiger partial charge >= 0.3 is 0 Å². The number of allylic oxidation sites excluding steroid dienone is 2. The van der Waals surface area contributed by atoms with E-state index in [4.69, 9.17) is 0 Å². The molecule has 4 heteroatoms. The molecule has 112 valence electrons. The first-order valence-corrected chi connectivity index (χ1v) is 8.11. The third-order valence-electron chi connectivity index (χ3n) is 4.63. The van der Waals surface area contributed by atoms with Gasteiger partial charge in [-0.25, -0.2) is 8.78 Å². The molecule has 3 atom stereocenters. The van der Waals surface area contributed by atoms with E-state index in [1.807, 2.05) is 24.3 Å². The molecule has 2 aliphatic rings. The molecule has 1 heterocycles. The molecule has 0 spiro atoms. The summed E-state index contributed by atoms with van der Waals surface area (Å²) in [6, 6.07) is 10.4. The van der Waals surface area contributed by atoms with E-state index < -0.39 is 11.6 Å². The van der Waals surface area contributed by atoms with E-state index in [1.165, 1.54) is 6.07 Å². The molecule has 22 heavy (non-hydrogen) atoms. The maximum atomic E-state index is 14.2. The fraction of sp³-hybridized carbons (Fsp3) is 0.222. The highest BCUT2D eigenvalue weighted by atomic mass is 79.9. The van der Waals surface area contributed by atoms with Crippen molar-refractivity contribution in [1.29, 1.82) is 0 Å². The van der Waals surface area contributed by atoms with Crippen LogP contribution in [0.3, 0.4) is 0 Å². The van der Waals surface area contributed by atoms with E-state index in [-0.39, 0.29) is 17.9 Å². The number of anilines is 1. The summed E-state index contributed by atoms with van der Waals surface area (Å²) in [6.45, 7) is 0. The summed E-state index contributed by atoms with van der Waals surface area (Å²) < 4.78 is 28.8. The van der Waals surface area contributed by atoms with Crippen LogP contribution in [0.1, 0.15) is 29.5 Å². The minimum absolute atomic E-state index is 0.00281. The zero-order valence-electron chi connectivity index (χ0n) is 11.7. The van der Waals surface area contributed by atoms with Crippen molar-refractivity contribution in [2.24, 2.45) is 5.92 Å². The van der Waals surface area contributed by atoms with Gasteiger partial charge < -0.3 is 5.32 Å². The normalized spacial score (nSPS) is 25.5. The molecule has 0 aromatic heterocycles. The SMILES string of the molecule is Fc1cc(F)c2c(c1)[C@H]1C=CC[C@@H]1[C@H](c1ccccc1Br)N2. The molecule has 0 fully saturated rings. The van der Waals surface area contributed by atoms with Gasteiger partial charge in [-0.3, -0.25) is 0 Å². The van der Waals surface area contributed by atoms with E-state index in [1.54, 1.807) is 0 Å². The molecule has 0 saturated carbocycles. The number of halogens is 3. The van der Waals surface area contributed by atoms with Crippen LogP contribution in [0, 0.1) is 17.6 Å². The number of fused-ring (bicyclic) bond motifs is 3. The van der Waals surface area contributed by atoms with Crippen molar-refractivity contribution in [2.45, 2.75) is 18.4 Å². The number of hydrogen-bond acceptors (Lipinski definition) is 1. The van der Waals surface area contributed by atoms with Gasteiger partial charge in [0.05, 0.1) is 11.7 Å². The summed E-state index contributed by atoms with van der Waals surface area (Å²) in [4.78, 5) is 0. The molecule has 0 amide bonds. The summed E-state index contributed by atoms with van der Waals surface area (Å²) in [7, 11) is 0. The Hall–Kier alpha value is -1.68. The lowest BCUT2D eigenvalue weighted by Crippen LogP contribution is -2.30. The van der Waals surface area contributed by atoms with E-state index in [0.717, 1.165) is 28.1 Å². The summed E-state index contributed by atoms with van der Waals surface area (Å²) in [6.07, 6.45) is 5.09. The second kappa shape index (κ2) is 5.20. The van der Waals surface area contributed by atoms with Crippen LogP contribution < -0.4 is 5.32 Å². The van der Waals surface area contributed by atoms with E-state index in [2.05, 4.69) is 33.4 Å². The molecule has 1 aliphatic carbocycles. The fourth-order valence-corrected chi connectivity index (χ4v) is 4.19. The third kappa shape index (κ3) is 2.09. The maximum absolute atomic E-state index is 14.2. The van der Waals surface area contributed by atoms with Crippen LogP contribution in [0.4, 0.5) is 14.5 Å². The van der Waals surface area contributed by atoms with Gasteiger partial charge in [-0.2, -0.15) is 0 Å². The molecular formula is C18H14BrF2N. The largest absolute Gasteiger partial charge is 0.375 e. The van der Waals surface area contributed by atoms with Gasteiger partial charge in [0.2, 0.25) is 0 Å². The maximum Gasteiger partial charge on any atom is 0.149 e. The topological polar surface area (TPSA) is 12.0 Å². The molecule has 1 N–H and O–H groups in total. The van der Waals surface area contributed by atoms with Crippen LogP contribution in [-0.2, 0) is 0 Å². The Balaban J connectivity index is 1.86. The Bertz CT molecular complexity index is 772. The molecule has 2 aromatic rings. The molecule has 0 radical (unpaired) electrons. The lowest BCUT2D eigenvalue weighted by Gasteiger charge is -2.38. The molecule has 0 unspecified atom stereocenters. The van der Waals surface area contributed by atoms with Gasteiger partial charge in [-0.05, 0) is 35.6 Å². The zero-order chi connectivity index (χ0) is 15.3. The van der Waals surface area contributed by atoms with Crippen molar-refractivity contribution in [1.82, 2.24) is 0 Å². The lowest BCUT2D eigenvalue weighted by molar-refractivity contribution is 0.417. The Morgan fingerprint density at radius 3 is 2.73 bits per heavy atom. The lowest BCUT2D eigenvalue weighted by atomic mass is 9.77. The highest BCUT2D eigenvalue weighted by molar-refractivity contribution is 9.10. The van der Waals surface area contributed by atoms with Crippen molar-refractivity contribution in [3.05, 3.63) is 75.8 Å². The number of benzene rings is 2. The predicted molar refractivity (Wildman–Crippen MR) is 86.9 cm³/mol. The predicted octanol–water partition coefficient (Wildman–Crippen LogP) is 5.55. The summed E-state index contributed by atoms with van der Waals surface area (Å²) in [5.41, 5.74) is 2.25. The summed E-state index contributed by atoms with van der Waals surface area (Å²) in [5.74, 6) is -0.715. The highest BCUT2D eigenvalue weighted by Crippen LogP contribution is 2.51. The van der Waals surface area contributed by atoms with Crippen LogP contribution in [0.5, 0.6) is 0 Å². The van der Waals surface area contributed by atoms with Crippen molar-refractivity contribution in [2.75, 3.05) is 5.32 Å². The molecular weight excluding hydrogens is 348 g/mol. The average Bonchev–Trinajstić information content (AvgIpc) is 2.97. The average molecular weight is 362 g/mol. The standard InChI is InChI=1S/C18H14BrF2N/c19-15-7-2-1-4-13(15)17-12-6-3-5-11(12)14-8-10(20)9-16(21)18(14)22-17/h1-5,7-9,11-12,17,22H,6H2/t11-,12-,17+/m0/s1. The van der Waals surface area contributed by atoms with Crippen molar-refractivity contribution in [3.63, 3.8) is 0 Å². The van der Waals surface area contributed by atoms with Gasteiger partial charge in [0.25, 0.3) is 0 Å². The van der Waals surface area contributed by atoms with Gasteiger partial charge in [0, 0.05) is 16.5 Å². The Kier molecular flexibility index (Phi) is 3.30. The van der Waals surface area contributed by atoms with E-state index >= 15 is 0 Å². The van der Waals surface area contributed by atoms with Gasteiger partial charge in [-0.15, -0.1) is 0 Å². The molecule has 4 rings (SSSR count). The van der Waals surface area contributed by atoms with Crippen molar-refractivity contribution < 1.29 is 8.78 Å². The van der Waals surface area contributed by atoms with Crippen LogP contribution >= 0.6 is 15.9 Å². The van der Waals surface area contributed by atoms with Crippen LogP contribution in [-0.4, -0.2) is 0 Å². The fourth-order valence-electron chi connectivity index (χ4n) is 3.66. The molecule has 0 saturated heterocycles. The van der Waals surface area contributed by atoms with E-state index in [0.29, 0.717) is 5.69 Å². The molecule has 1 aliphatic heterocycles. The van der Waals surface area contributed by atoms with Crippen LogP contribution in [0.15, 0.2) is 53.0 Å². The third-order valence-corrected chi connectivity index (χ3v) is 5.35. The van der Waals surface area contributed by atoms with Crippen LogP contribution in [0.25, 0.3) is 0 Å². The van der Waals surface area contributed by atoms with Crippen LogP contribution in [0.2, 0.25) is 0 Å². The Morgan fingerprint density at radius 2 is 1.91 bits per heavy atom. The van der Waals surface area contributed by atoms with Gasteiger partial charge in [-0.1, -0.05) is 46.3 Å². The van der Waals surface area contributed by atoms with E-state index in [9.17, 15) is 8.78 Å². The molecule has 0 bridgehead atoms. The second-order valence-electron chi connectivity index (χ2n) is 5.85. The second-order valence-corrected chi connectivity index (χ2v) is 6.70. The molecule has 2 aromatic carbocycles. The first-order valence-electron chi connectivity index (χ1n) is 7.31. The number of nitrogens with one attached hydrogen (secondary N) is 1. The first-order chi connectivity index (χ1) is 10.6.